The topological polar surface area (TPSA) is 83.7 Å². The number of aliphatic hydroxyl groups is 1. The number of carbonyl (C=O) groups is 1. The van der Waals surface area contributed by atoms with Gasteiger partial charge in [0.05, 0.1) is 19.0 Å². The first kappa shape index (κ1) is 15.5. The van der Waals surface area contributed by atoms with E-state index in [1.54, 1.807) is 25.5 Å². The van der Waals surface area contributed by atoms with Gasteiger partial charge in [-0.1, -0.05) is 6.92 Å². The van der Waals surface area contributed by atoms with E-state index in [4.69, 9.17) is 9.15 Å². The highest BCUT2D eigenvalue weighted by Gasteiger charge is 2.16. The zero-order chi connectivity index (χ0) is 14.1. The summed E-state index contributed by atoms with van der Waals surface area (Å²) in [5.74, 6) is 0.644. The lowest BCUT2D eigenvalue weighted by Crippen LogP contribution is -2.40. The first-order valence-corrected chi connectivity index (χ1v) is 6.42. The molecule has 0 aromatic carbocycles. The molecule has 0 saturated heterocycles. The summed E-state index contributed by atoms with van der Waals surface area (Å²) in [6.07, 6.45) is 2.40. The summed E-state index contributed by atoms with van der Waals surface area (Å²) < 4.78 is 10.3. The molecule has 0 aliphatic heterocycles. The van der Waals surface area contributed by atoms with Gasteiger partial charge in [0, 0.05) is 13.7 Å². The Labute approximate surface area is 113 Å². The number of hydrogen-bond acceptors (Lipinski definition) is 4. The summed E-state index contributed by atoms with van der Waals surface area (Å²) in [7, 11) is 1.56. The van der Waals surface area contributed by atoms with Crippen LogP contribution in [0.1, 0.15) is 31.6 Å². The monoisotopic (exact) mass is 270 g/mol. The molecule has 0 bridgehead atoms. The molecule has 1 heterocycles. The lowest BCUT2D eigenvalue weighted by molar-refractivity contribution is 0.152. The fourth-order valence-corrected chi connectivity index (χ4v) is 1.62. The highest BCUT2D eigenvalue weighted by molar-refractivity contribution is 5.74. The maximum absolute atomic E-state index is 11.7. The summed E-state index contributed by atoms with van der Waals surface area (Å²) in [6.45, 7) is 2.66. The lowest BCUT2D eigenvalue weighted by Gasteiger charge is -2.16. The third kappa shape index (κ3) is 5.76. The highest BCUT2D eigenvalue weighted by Crippen LogP contribution is 2.13. The Kier molecular flexibility index (Phi) is 6.99. The number of ether oxygens (including phenoxy) is 1. The van der Waals surface area contributed by atoms with Crippen LogP contribution in [0.15, 0.2) is 22.8 Å². The number of nitrogens with one attached hydrogen (secondary N) is 2. The van der Waals surface area contributed by atoms with Crippen molar-refractivity contribution in [3.05, 3.63) is 24.2 Å². The maximum Gasteiger partial charge on any atom is 0.315 e. The van der Waals surface area contributed by atoms with Gasteiger partial charge in [-0.25, -0.2) is 4.79 Å². The molecule has 0 radical (unpaired) electrons. The molecule has 3 N–H and O–H groups in total. The molecule has 1 aromatic heterocycles. The van der Waals surface area contributed by atoms with Crippen molar-refractivity contribution in [2.24, 2.45) is 0 Å². The molecule has 2 amide bonds. The highest BCUT2D eigenvalue weighted by atomic mass is 16.5. The van der Waals surface area contributed by atoms with Crippen LogP contribution in [0.25, 0.3) is 0 Å². The number of aliphatic hydroxyl groups excluding tert-OH is 1. The van der Waals surface area contributed by atoms with Gasteiger partial charge in [0.1, 0.15) is 11.8 Å². The van der Waals surface area contributed by atoms with E-state index in [2.05, 4.69) is 10.6 Å². The molecule has 1 aromatic rings. The van der Waals surface area contributed by atoms with Gasteiger partial charge in [-0.3, -0.25) is 0 Å². The molecule has 0 spiro atoms. The van der Waals surface area contributed by atoms with Crippen LogP contribution in [0, 0.1) is 0 Å². The summed E-state index contributed by atoms with van der Waals surface area (Å²) in [5.41, 5.74) is 0. The molecule has 19 heavy (non-hydrogen) atoms. The number of rotatable bonds is 8. The smallest absolute Gasteiger partial charge is 0.315 e. The standard InChI is InChI=1S/C13H22N2O4/c1-3-10(16)6-7-14-13(17)15-11(9-18-2)12-5-4-8-19-12/h4-5,8,10-11,16H,3,6-7,9H2,1-2H3,(H2,14,15,17). The molecular weight excluding hydrogens is 248 g/mol. The molecule has 0 aliphatic carbocycles. The number of hydrogen-bond donors (Lipinski definition) is 3. The summed E-state index contributed by atoms with van der Waals surface area (Å²) in [5, 5.41) is 14.8. The number of urea groups is 1. The summed E-state index contributed by atoms with van der Waals surface area (Å²) >= 11 is 0. The molecule has 0 aliphatic rings. The fraction of sp³-hybridized carbons (Fsp3) is 0.615. The zero-order valence-electron chi connectivity index (χ0n) is 11.4. The minimum Gasteiger partial charge on any atom is -0.467 e. The van der Waals surface area contributed by atoms with Crippen LogP contribution in [0.4, 0.5) is 4.79 Å². The van der Waals surface area contributed by atoms with Crippen LogP contribution >= 0.6 is 0 Å². The summed E-state index contributed by atoms with van der Waals surface area (Å²) in [6, 6.07) is 2.91. The minimum atomic E-state index is -0.375. The van der Waals surface area contributed by atoms with Crippen molar-refractivity contribution in [1.82, 2.24) is 10.6 Å². The van der Waals surface area contributed by atoms with Gasteiger partial charge in [0.15, 0.2) is 0 Å². The average Bonchev–Trinajstić information content (AvgIpc) is 2.91. The zero-order valence-corrected chi connectivity index (χ0v) is 11.4. The van der Waals surface area contributed by atoms with Crippen molar-refractivity contribution in [2.75, 3.05) is 20.3 Å². The lowest BCUT2D eigenvalue weighted by atomic mass is 10.2. The molecule has 2 atom stereocenters. The normalized spacial score (nSPS) is 13.8. The van der Waals surface area contributed by atoms with Crippen LogP contribution in [-0.4, -0.2) is 37.5 Å². The number of methoxy groups -OCH3 is 1. The Hall–Kier alpha value is -1.53. The largest absolute Gasteiger partial charge is 0.467 e. The van der Waals surface area contributed by atoms with Gasteiger partial charge in [0.2, 0.25) is 0 Å². The predicted molar refractivity (Wildman–Crippen MR) is 70.8 cm³/mol. The maximum atomic E-state index is 11.7. The first-order valence-electron chi connectivity index (χ1n) is 6.42. The van der Waals surface area contributed by atoms with Gasteiger partial charge in [-0.15, -0.1) is 0 Å². The van der Waals surface area contributed by atoms with Crippen molar-refractivity contribution in [1.29, 1.82) is 0 Å². The summed E-state index contributed by atoms with van der Waals surface area (Å²) in [4.78, 5) is 11.7. The second kappa shape index (κ2) is 8.55. The number of amides is 2. The van der Waals surface area contributed by atoms with E-state index >= 15 is 0 Å². The van der Waals surface area contributed by atoms with Gasteiger partial charge in [-0.2, -0.15) is 0 Å². The number of carbonyl (C=O) groups excluding carboxylic acids is 1. The molecular formula is C13H22N2O4. The van der Waals surface area contributed by atoms with E-state index in [0.29, 0.717) is 31.8 Å². The predicted octanol–water partition coefficient (Wildman–Crippen LogP) is 1.43. The molecule has 0 fully saturated rings. The van der Waals surface area contributed by atoms with Crippen molar-refractivity contribution in [2.45, 2.75) is 31.9 Å². The minimum absolute atomic E-state index is 0.304. The van der Waals surface area contributed by atoms with Gasteiger partial charge < -0.3 is 24.9 Å². The van der Waals surface area contributed by atoms with Gasteiger partial charge in [-0.05, 0) is 25.0 Å². The van der Waals surface area contributed by atoms with Crippen LogP contribution in [0.5, 0.6) is 0 Å². The second-order valence-electron chi connectivity index (χ2n) is 4.27. The molecule has 2 unspecified atom stereocenters. The van der Waals surface area contributed by atoms with Gasteiger partial charge in [0.25, 0.3) is 0 Å². The number of furan rings is 1. The van der Waals surface area contributed by atoms with Crippen LogP contribution in [0.3, 0.4) is 0 Å². The third-order valence-corrected chi connectivity index (χ3v) is 2.76. The second-order valence-corrected chi connectivity index (χ2v) is 4.27. The Bertz CT molecular complexity index is 354. The van der Waals surface area contributed by atoms with E-state index < -0.39 is 0 Å². The van der Waals surface area contributed by atoms with Gasteiger partial charge >= 0.3 is 6.03 Å². The van der Waals surface area contributed by atoms with E-state index in [-0.39, 0.29) is 18.2 Å². The van der Waals surface area contributed by atoms with Crippen LogP contribution in [0.2, 0.25) is 0 Å². The van der Waals surface area contributed by atoms with Crippen LogP contribution in [-0.2, 0) is 4.74 Å². The Morgan fingerprint density at radius 1 is 1.58 bits per heavy atom. The Balaban J connectivity index is 2.35. The van der Waals surface area contributed by atoms with Crippen molar-refractivity contribution in [3.8, 4) is 0 Å². The third-order valence-electron chi connectivity index (χ3n) is 2.76. The first-order chi connectivity index (χ1) is 9.17. The molecule has 108 valence electrons. The molecule has 0 saturated carbocycles. The quantitative estimate of drug-likeness (QED) is 0.667. The SMILES string of the molecule is CCC(O)CCNC(=O)NC(COC)c1ccco1. The van der Waals surface area contributed by atoms with E-state index in [0.717, 1.165) is 0 Å². The molecule has 1 rings (SSSR count). The molecule has 6 heteroatoms. The average molecular weight is 270 g/mol. The van der Waals surface area contributed by atoms with E-state index in [9.17, 15) is 9.90 Å². The van der Waals surface area contributed by atoms with Crippen molar-refractivity contribution < 1.29 is 19.1 Å². The van der Waals surface area contributed by atoms with Crippen molar-refractivity contribution in [3.63, 3.8) is 0 Å². The Morgan fingerprint density at radius 2 is 2.37 bits per heavy atom. The van der Waals surface area contributed by atoms with Crippen molar-refractivity contribution >= 4 is 6.03 Å². The molecule has 6 nitrogen and oxygen atoms in total. The Morgan fingerprint density at radius 3 is 2.95 bits per heavy atom. The van der Waals surface area contributed by atoms with E-state index in [1.165, 1.54) is 0 Å². The van der Waals surface area contributed by atoms with E-state index in [1.807, 2.05) is 6.92 Å². The fourth-order valence-electron chi connectivity index (χ4n) is 1.62. The van der Waals surface area contributed by atoms with Crippen LogP contribution < -0.4 is 10.6 Å².